The maximum absolute atomic E-state index is 11.1. The molecule has 5 nitrogen and oxygen atoms in total. The summed E-state index contributed by atoms with van der Waals surface area (Å²) in [4.78, 5) is 25.8. The maximum atomic E-state index is 11.1. The van der Waals surface area contributed by atoms with Gasteiger partial charge in [0.2, 0.25) is 0 Å². The van der Waals surface area contributed by atoms with E-state index in [0.717, 1.165) is 17.4 Å². The van der Waals surface area contributed by atoms with Crippen LogP contribution in [0.2, 0.25) is 0 Å². The Balaban J connectivity index is 3.15. The minimum absolute atomic E-state index is 0.0186. The molecule has 1 heterocycles. The van der Waals surface area contributed by atoms with Crippen LogP contribution >= 0.6 is 11.3 Å². The van der Waals surface area contributed by atoms with Gasteiger partial charge in [-0.05, 0) is 0 Å². The second-order valence-corrected chi connectivity index (χ2v) is 3.40. The molecule has 0 N–H and O–H groups in total. The average Bonchev–Trinajstić information content (AvgIpc) is 2.16. The van der Waals surface area contributed by atoms with E-state index in [1.165, 1.54) is 7.11 Å². The fraction of sp³-hybridized carbons (Fsp3) is 0.250. The van der Waals surface area contributed by atoms with Crippen molar-refractivity contribution < 1.29 is 9.53 Å². The number of hydrogen-bond donors (Lipinski definition) is 0. The van der Waals surface area contributed by atoms with E-state index in [4.69, 9.17) is 5.26 Å². The Morgan fingerprint density at radius 3 is 3.07 bits per heavy atom. The summed E-state index contributed by atoms with van der Waals surface area (Å²) < 4.78 is 4.45. The lowest BCUT2D eigenvalue weighted by Gasteiger charge is -1.97. The van der Waals surface area contributed by atoms with E-state index in [-0.39, 0.29) is 11.3 Å². The second-order valence-electron chi connectivity index (χ2n) is 2.28. The molecule has 6 heteroatoms. The fourth-order valence-electron chi connectivity index (χ4n) is 0.791. The molecule has 0 aliphatic rings. The quantitative estimate of drug-likeness (QED) is 0.658. The summed E-state index contributed by atoms with van der Waals surface area (Å²) in [5, 5.41) is 8.72. The van der Waals surface area contributed by atoms with Gasteiger partial charge in [-0.15, -0.1) is 11.3 Å². The van der Waals surface area contributed by atoms with Gasteiger partial charge in [0.05, 0.1) is 19.6 Å². The summed E-state index contributed by atoms with van der Waals surface area (Å²) in [7, 11) is 1.23. The van der Waals surface area contributed by atoms with Crippen LogP contribution in [-0.4, -0.2) is 18.1 Å². The summed E-state index contributed by atoms with van der Waals surface area (Å²) in [5.41, 5.74) is -0.533. The van der Waals surface area contributed by atoms with Crippen LogP contribution in [0.5, 0.6) is 0 Å². The molecule has 1 rings (SSSR count). The van der Waals surface area contributed by atoms with Gasteiger partial charge < -0.3 is 4.74 Å². The molecule has 0 radical (unpaired) electrons. The van der Waals surface area contributed by atoms with Gasteiger partial charge in [0.25, 0.3) is 5.56 Å². The van der Waals surface area contributed by atoms with Crippen LogP contribution in [0.15, 0.2) is 10.9 Å². The molecule has 0 amide bonds. The van der Waals surface area contributed by atoms with Crippen LogP contribution in [-0.2, 0) is 11.2 Å². The van der Waals surface area contributed by atoms with E-state index in [9.17, 15) is 9.59 Å². The maximum Gasteiger partial charge on any atom is 0.348 e. The smallest absolute Gasteiger partial charge is 0.348 e. The van der Waals surface area contributed by atoms with Gasteiger partial charge in [-0.3, -0.25) is 4.79 Å². The molecule has 0 bridgehead atoms. The van der Waals surface area contributed by atoms with E-state index < -0.39 is 11.5 Å². The lowest BCUT2D eigenvalue weighted by Crippen LogP contribution is -2.11. The Morgan fingerprint density at radius 1 is 1.79 bits per heavy atom. The van der Waals surface area contributed by atoms with Crippen molar-refractivity contribution in [1.29, 1.82) is 5.26 Å². The molecule has 0 aromatic carbocycles. The van der Waals surface area contributed by atoms with Crippen LogP contribution in [0.4, 0.5) is 0 Å². The Morgan fingerprint density at radius 2 is 2.50 bits per heavy atom. The van der Waals surface area contributed by atoms with Crippen molar-refractivity contribution in [3.8, 4) is 6.07 Å². The van der Waals surface area contributed by atoms with Crippen molar-refractivity contribution in [1.82, 2.24) is 4.98 Å². The normalized spacial score (nSPS) is 9.14. The third kappa shape index (κ3) is 2.37. The van der Waals surface area contributed by atoms with Crippen LogP contribution in [0, 0.1) is 11.3 Å². The monoisotopic (exact) mass is 210 g/mol. The van der Waals surface area contributed by atoms with Gasteiger partial charge in [0.1, 0.15) is 9.88 Å². The largest absolute Gasteiger partial charge is 0.465 e. The number of ether oxygens (including phenoxy) is 1. The van der Waals surface area contributed by atoms with Gasteiger partial charge in [-0.1, -0.05) is 0 Å². The van der Waals surface area contributed by atoms with Gasteiger partial charge >= 0.3 is 5.97 Å². The van der Waals surface area contributed by atoms with E-state index in [1.54, 1.807) is 0 Å². The van der Waals surface area contributed by atoms with Crippen LogP contribution in [0.1, 0.15) is 14.7 Å². The SMILES string of the molecule is COC(=O)c1cc(=O)nc(CC#N)s1. The molecule has 1 aromatic heterocycles. The molecule has 1 aromatic rings. The zero-order valence-corrected chi connectivity index (χ0v) is 8.13. The molecule has 0 spiro atoms. The molecule has 0 saturated heterocycles. The Labute approximate surface area is 83.6 Å². The molecular formula is C8H6N2O3S. The predicted octanol–water partition coefficient (Wildman–Crippen LogP) is 0.356. The lowest BCUT2D eigenvalue weighted by atomic mass is 10.5. The average molecular weight is 210 g/mol. The number of esters is 1. The van der Waals surface area contributed by atoms with Gasteiger partial charge in [0, 0.05) is 6.07 Å². The predicted molar refractivity (Wildman–Crippen MR) is 49.0 cm³/mol. The molecule has 0 atom stereocenters. The van der Waals surface area contributed by atoms with E-state index in [1.807, 2.05) is 6.07 Å². The first-order chi connectivity index (χ1) is 6.67. The minimum Gasteiger partial charge on any atom is -0.465 e. The molecule has 0 unspecified atom stereocenters. The number of aromatic nitrogens is 1. The van der Waals surface area contributed by atoms with Crippen molar-refractivity contribution in [3.05, 3.63) is 26.3 Å². The minimum atomic E-state index is -0.589. The van der Waals surface area contributed by atoms with E-state index in [0.29, 0.717) is 5.01 Å². The summed E-state index contributed by atoms with van der Waals surface area (Å²) in [5.74, 6) is -0.589. The van der Waals surface area contributed by atoms with Gasteiger partial charge in [0.15, 0.2) is 0 Å². The molecule has 0 aliphatic carbocycles. The molecule has 0 fully saturated rings. The molecule has 14 heavy (non-hydrogen) atoms. The summed E-state index contributed by atoms with van der Waals surface area (Å²) in [6.45, 7) is 0. The lowest BCUT2D eigenvalue weighted by molar-refractivity contribution is 0.0606. The Bertz CT molecular complexity index is 447. The number of nitrogens with zero attached hydrogens (tertiary/aromatic N) is 2. The Kier molecular flexibility index (Phi) is 3.31. The highest BCUT2D eigenvalue weighted by Gasteiger charge is 2.09. The zero-order valence-electron chi connectivity index (χ0n) is 7.31. The number of nitriles is 1. The van der Waals surface area contributed by atoms with Crippen molar-refractivity contribution in [3.63, 3.8) is 0 Å². The third-order valence-electron chi connectivity index (χ3n) is 1.33. The standard InChI is InChI=1S/C8H6N2O3S/c1-13-8(12)5-4-6(11)10-7(14-5)2-3-9/h4H,2H2,1H3. The van der Waals surface area contributed by atoms with Crippen molar-refractivity contribution in [2.45, 2.75) is 6.42 Å². The van der Waals surface area contributed by atoms with Crippen LogP contribution < -0.4 is 5.56 Å². The summed E-state index contributed by atoms with van der Waals surface area (Å²) in [6, 6.07) is 2.95. The second kappa shape index (κ2) is 4.48. The number of methoxy groups -OCH3 is 1. The molecule has 72 valence electrons. The Hall–Kier alpha value is -1.74. The van der Waals surface area contributed by atoms with Crippen molar-refractivity contribution >= 4 is 17.3 Å². The number of hydrogen-bond acceptors (Lipinski definition) is 6. The summed E-state index contributed by atoms with van der Waals surface area (Å²) in [6.07, 6.45) is 0.0186. The zero-order chi connectivity index (χ0) is 10.6. The molecule has 0 saturated carbocycles. The van der Waals surface area contributed by atoms with Crippen LogP contribution in [0.25, 0.3) is 0 Å². The number of rotatable bonds is 2. The fourth-order valence-corrected chi connectivity index (χ4v) is 1.64. The number of carbonyl (C=O) groups is 1. The van der Waals surface area contributed by atoms with E-state index >= 15 is 0 Å². The molecule has 0 aliphatic heterocycles. The molecular weight excluding hydrogens is 204 g/mol. The first-order valence-electron chi connectivity index (χ1n) is 3.63. The van der Waals surface area contributed by atoms with Crippen molar-refractivity contribution in [2.75, 3.05) is 7.11 Å². The van der Waals surface area contributed by atoms with Crippen molar-refractivity contribution in [2.24, 2.45) is 0 Å². The van der Waals surface area contributed by atoms with Gasteiger partial charge in [-0.25, -0.2) is 9.78 Å². The van der Waals surface area contributed by atoms with Gasteiger partial charge in [-0.2, -0.15) is 5.26 Å². The van der Waals surface area contributed by atoms with E-state index in [2.05, 4.69) is 9.72 Å². The highest BCUT2D eigenvalue weighted by molar-refractivity contribution is 7.13. The highest BCUT2D eigenvalue weighted by atomic mass is 32.1. The third-order valence-corrected chi connectivity index (χ3v) is 2.31. The topological polar surface area (TPSA) is 80.1 Å². The first kappa shape index (κ1) is 10.3. The summed E-state index contributed by atoms with van der Waals surface area (Å²) >= 11 is 0.986. The number of carbonyl (C=O) groups excluding carboxylic acids is 1. The highest BCUT2D eigenvalue weighted by Crippen LogP contribution is 2.10. The first-order valence-corrected chi connectivity index (χ1v) is 4.45. The van der Waals surface area contributed by atoms with Crippen LogP contribution in [0.3, 0.4) is 0 Å².